The first-order chi connectivity index (χ1) is 11.8. The van der Waals surface area contributed by atoms with Gasteiger partial charge < -0.3 is 14.8 Å². The van der Waals surface area contributed by atoms with Gasteiger partial charge in [0.1, 0.15) is 11.5 Å². The van der Waals surface area contributed by atoms with Crippen LogP contribution in [0.1, 0.15) is 18.5 Å². The maximum atomic E-state index is 12.0. The molecule has 0 bridgehead atoms. The molecular formula is C18H21NO5S. The van der Waals surface area contributed by atoms with Crippen molar-refractivity contribution in [2.75, 3.05) is 20.0 Å². The quantitative estimate of drug-likeness (QED) is 0.817. The maximum Gasteiger partial charge on any atom is 0.258 e. The van der Waals surface area contributed by atoms with E-state index in [0.717, 1.165) is 11.8 Å². The first kappa shape index (κ1) is 18.8. The largest absolute Gasteiger partial charge is 0.497 e. The fraction of sp³-hybridized carbons (Fsp3) is 0.278. The Labute approximate surface area is 147 Å². The molecule has 0 aliphatic carbocycles. The normalized spacial score (nSPS) is 12.3. The topological polar surface area (TPSA) is 81.7 Å². The van der Waals surface area contributed by atoms with Crippen LogP contribution in [0.4, 0.5) is 0 Å². The summed E-state index contributed by atoms with van der Waals surface area (Å²) in [5.74, 6) is 1.01. The van der Waals surface area contributed by atoms with Crippen LogP contribution in [0.3, 0.4) is 0 Å². The number of amides is 1. The molecule has 0 saturated carbocycles. The number of sulfone groups is 1. The van der Waals surface area contributed by atoms with E-state index in [2.05, 4.69) is 5.32 Å². The predicted octanol–water partition coefficient (Wildman–Crippen LogP) is 2.35. The van der Waals surface area contributed by atoms with Gasteiger partial charge in [0.15, 0.2) is 16.4 Å². The highest BCUT2D eigenvalue weighted by Crippen LogP contribution is 2.18. The molecule has 7 heteroatoms. The van der Waals surface area contributed by atoms with Crippen LogP contribution in [0.25, 0.3) is 0 Å². The average Bonchev–Trinajstić information content (AvgIpc) is 2.59. The number of benzene rings is 2. The minimum absolute atomic E-state index is 0.113. The van der Waals surface area contributed by atoms with Gasteiger partial charge in [-0.1, -0.05) is 12.1 Å². The molecule has 0 radical (unpaired) electrons. The molecule has 2 aromatic rings. The Kier molecular flexibility index (Phi) is 6.03. The van der Waals surface area contributed by atoms with Gasteiger partial charge in [0, 0.05) is 6.26 Å². The third-order valence-electron chi connectivity index (χ3n) is 3.62. The molecule has 25 heavy (non-hydrogen) atoms. The second-order valence-electron chi connectivity index (χ2n) is 5.59. The van der Waals surface area contributed by atoms with E-state index in [1.54, 1.807) is 43.5 Å². The Morgan fingerprint density at radius 1 is 1.04 bits per heavy atom. The maximum absolute atomic E-state index is 12.0. The SMILES string of the molecule is COc1ccc(OCC(=O)NC(C)c2ccc(S(C)(=O)=O)cc2)cc1. The zero-order valence-corrected chi connectivity index (χ0v) is 15.2. The zero-order chi connectivity index (χ0) is 18.4. The Bertz CT molecular complexity index is 814. The minimum Gasteiger partial charge on any atom is -0.497 e. The lowest BCUT2D eigenvalue weighted by molar-refractivity contribution is -0.123. The van der Waals surface area contributed by atoms with Crippen molar-refractivity contribution in [1.82, 2.24) is 5.32 Å². The highest BCUT2D eigenvalue weighted by molar-refractivity contribution is 7.90. The van der Waals surface area contributed by atoms with Gasteiger partial charge in [0.25, 0.3) is 5.91 Å². The van der Waals surface area contributed by atoms with Crippen molar-refractivity contribution in [3.05, 3.63) is 54.1 Å². The van der Waals surface area contributed by atoms with Crippen molar-refractivity contribution in [2.24, 2.45) is 0 Å². The lowest BCUT2D eigenvalue weighted by atomic mass is 10.1. The second-order valence-corrected chi connectivity index (χ2v) is 7.61. The van der Waals surface area contributed by atoms with Gasteiger partial charge in [-0.3, -0.25) is 4.79 Å². The van der Waals surface area contributed by atoms with E-state index in [4.69, 9.17) is 9.47 Å². The minimum atomic E-state index is -3.23. The molecule has 0 saturated heterocycles. The first-order valence-corrected chi connectivity index (χ1v) is 9.55. The molecule has 1 atom stereocenters. The van der Waals surface area contributed by atoms with Crippen LogP contribution in [0.15, 0.2) is 53.4 Å². The highest BCUT2D eigenvalue weighted by atomic mass is 32.2. The lowest BCUT2D eigenvalue weighted by Gasteiger charge is -2.15. The molecule has 0 spiro atoms. The van der Waals surface area contributed by atoms with E-state index in [9.17, 15) is 13.2 Å². The summed E-state index contributed by atoms with van der Waals surface area (Å²) in [6.45, 7) is 1.71. The van der Waals surface area contributed by atoms with Gasteiger partial charge in [0.05, 0.1) is 18.0 Å². The van der Waals surface area contributed by atoms with Crippen molar-refractivity contribution >= 4 is 15.7 Å². The van der Waals surface area contributed by atoms with Crippen molar-refractivity contribution in [1.29, 1.82) is 0 Å². The fourth-order valence-electron chi connectivity index (χ4n) is 2.19. The van der Waals surface area contributed by atoms with Gasteiger partial charge >= 0.3 is 0 Å². The van der Waals surface area contributed by atoms with Gasteiger partial charge in [-0.15, -0.1) is 0 Å². The number of nitrogens with one attached hydrogen (secondary N) is 1. The summed E-state index contributed by atoms with van der Waals surface area (Å²) in [5, 5.41) is 2.81. The second kappa shape index (κ2) is 8.02. The van der Waals surface area contributed by atoms with Crippen molar-refractivity contribution in [3.8, 4) is 11.5 Å². The van der Waals surface area contributed by atoms with Crippen LogP contribution in [0.2, 0.25) is 0 Å². The molecule has 0 fully saturated rings. The molecule has 0 aliphatic heterocycles. The van der Waals surface area contributed by atoms with Crippen molar-refractivity contribution in [3.63, 3.8) is 0 Å². The van der Waals surface area contributed by atoms with E-state index in [0.29, 0.717) is 11.5 Å². The van der Waals surface area contributed by atoms with Gasteiger partial charge in [-0.25, -0.2) is 8.42 Å². The van der Waals surface area contributed by atoms with Crippen LogP contribution in [-0.2, 0) is 14.6 Å². The predicted molar refractivity (Wildman–Crippen MR) is 94.6 cm³/mol. The monoisotopic (exact) mass is 363 g/mol. The molecule has 1 unspecified atom stereocenters. The summed E-state index contributed by atoms with van der Waals surface area (Å²) in [4.78, 5) is 12.2. The fourth-order valence-corrected chi connectivity index (χ4v) is 2.82. The Balaban J connectivity index is 1.88. The Morgan fingerprint density at radius 3 is 2.12 bits per heavy atom. The van der Waals surface area contributed by atoms with E-state index < -0.39 is 9.84 Å². The molecule has 0 aliphatic rings. The highest BCUT2D eigenvalue weighted by Gasteiger charge is 2.12. The molecule has 134 valence electrons. The number of hydrogen-bond acceptors (Lipinski definition) is 5. The lowest BCUT2D eigenvalue weighted by Crippen LogP contribution is -2.31. The van der Waals surface area contributed by atoms with Crippen LogP contribution in [0, 0.1) is 0 Å². The number of carbonyl (C=O) groups is 1. The number of rotatable bonds is 7. The summed E-state index contributed by atoms with van der Waals surface area (Å²) in [6.07, 6.45) is 1.16. The molecule has 2 aromatic carbocycles. The summed E-state index contributed by atoms with van der Waals surface area (Å²) in [6, 6.07) is 13.1. The number of ether oxygens (including phenoxy) is 2. The third-order valence-corrected chi connectivity index (χ3v) is 4.74. The Hall–Kier alpha value is -2.54. The van der Waals surface area contributed by atoms with E-state index in [-0.39, 0.29) is 23.5 Å². The standard InChI is InChI=1S/C18H21NO5S/c1-13(14-4-10-17(11-5-14)25(3,21)22)19-18(20)12-24-16-8-6-15(23-2)7-9-16/h4-11,13H,12H2,1-3H3,(H,19,20). The van der Waals surface area contributed by atoms with Crippen LogP contribution >= 0.6 is 0 Å². The third kappa shape index (κ3) is 5.49. The molecule has 6 nitrogen and oxygen atoms in total. The van der Waals surface area contributed by atoms with Crippen LogP contribution in [-0.4, -0.2) is 34.3 Å². The molecular weight excluding hydrogens is 342 g/mol. The van der Waals surface area contributed by atoms with Crippen molar-refractivity contribution in [2.45, 2.75) is 17.9 Å². The summed E-state index contributed by atoms with van der Waals surface area (Å²) in [7, 11) is -1.65. The van der Waals surface area contributed by atoms with Crippen LogP contribution < -0.4 is 14.8 Å². The zero-order valence-electron chi connectivity index (χ0n) is 14.4. The van der Waals surface area contributed by atoms with Gasteiger partial charge in [-0.05, 0) is 48.9 Å². The van der Waals surface area contributed by atoms with Gasteiger partial charge in [0.2, 0.25) is 0 Å². The molecule has 0 heterocycles. The first-order valence-electron chi connectivity index (χ1n) is 7.66. The molecule has 2 rings (SSSR count). The number of carbonyl (C=O) groups excluding carboxylic acids is 1. The number of methoxy groups -OCH3 is 1. The molecule has 0 aromatic heterocycles. The molecule has 1 N–H and O–H groups in total. The summed E-state index contributed by atoms with van der Waals surface area (Å²) < 4.78 is 33.4. The van der Waals surface area contributed by atoms with E-state index >= 15 is 0 Å². The van der Waals surface area contributed by atoms with Crippen LogP contribution in [0.5, 0.6) is 11.5 Å². The van der Waals surface area contributed by atoms with E-state index in [1.165, 1.54) is 12.1 Å². The smallest absolute Gasteiger partial charge is 0.258 e. The summed E-state index contributed by atoms with van der Waals surface area (Å²) in [5.41, 5.74) is 0.810. The Morgan fingerprint density at radius 2 is 1.60 bits per heavy atom. The van der Waals surface area contributed by atoms with E-state index in [1.807, 2.05) is 6.92 Å². The van der Waals surface area contributed by atoms with Crippen molar-refractivity contribution < 1.29 is 22.7 Å². The van der Waals surface area contributed by atoms with Gasteiger partial charge in [-0.2, -0.15) is 0 Å². The average molecular weight is 363 g/mol. The number of hydrogen-bond donors (Lipinski definition) is 1. The molecule has 1 amide bonds. The summed E-state index contributed by atoms with van der Waals surface area (Å²) >= 11 is 0.